The van der Waals surface area contributed by atoms with Gasteiger partial charge in [-0.15, -0.1) is 0 Å². The fourth-order valence-corrected chi connectivity index (χ4v) is 2.22. The molecule has 0 aliphatic carbocycles. The molecule has 2 rings (SSSR count). The third kappa shape index (κ3) is 3.29. The lowest BCUT2D eigenvalue weighted by Crippen LogP contribution is -2.27. The zero-order valence-electron chi connectivity index (χ0n) is 12.1. The Balaban J connectivity index is 2.03. The second-order valence-electron chi connectivity index (χ2n) is 5.40. The first-order valence-electron chi connectivity index (χ1n) is 6.75. The van der Waals surface area contributed by atoms with E-state index in [0.717, 1.165) is 5.56 Å². The Hall–Kier alpha value is -1.59. The van der Waals surface area contributed by atoms with Crippen molar-refractivity contribution in [3.05, 3.63) is 35.4 Å². The molecule has 1 saturated heterocycles. The number of carbonyl (C=O) groups excluding carboxylic acids is 1. The Kier molecular flexibility index (Phi) is 4.30. The lowest BCUT2D eigenvalue weighted by atomic mass is 9.99. The molecule has 0 aromatic heterocycles. The fourth-order valence-electron chi connectivity index (χ4n) is 2.22. The summed E-state index contributed by atoms with van der Waals surface area (Å²) >= 11 is 0. The van der Waals surface area contributed by atoms with Gasteiger partial charge in [-0.25, -0.2) is 4.79 Å². The summed E-state index contributed by atoms with van der Waals surface area (Å²) in [5.74, 6) is -0.319. The summed E-state index contributed by atoms with van der Waals surface area (Å²) in [7, 11) is 0. The molecule has 1 heterocycles. The van der Waals surface area contributed by atoms with Gasteiger partial charge < -0.3 is 19.9 Å². The van der Waals surface area contributed by atoms with Crippen molar-refractivity contribution in [1.82, 2.24) is 0 Å². The second-order valence-corrected chi connectivity index (χ2v) is 5.40. The van der Waals surface area contributed by atoms with Crippen molar-refractivity contribution in [1.29, 1.82) is 0 Å². The Morgan fingerprint density at radius 1 is 1.45 bits per heavy atom. The zero-order valence-corrected chi connectivity index (χ0v) is 12.1. The number of primary amides is 1. The highest BCUT2D eigenvalue weighted by Gasteiger charge is 2.39. The van der Waals surface area contributed by atoms with Crippen LogP contribution in [0.25, 0.3) is 0 Å². The minimum Gasteiger partial charge on any atom is -0.447 e. The van der Waals surface area contributed by atoms with Crippen molar-refractivity contribution in [2.24, 2.45) is 5.73 Å². The maximum atomic E-state index is 10.6. The van der Waals surface area contributed by atoms with Gasteiger partial charge in [0.05, 0.1) is 6.61 Å². The molecule has 1 fully saturated rings. The average molecular weight is 279 g/mol. The van der Waals surface area contributed by atoms with Crippen LogP contribution in [0.1, 0.15) is 37.8 Å². The van der Waals surface area contributed by atoms with Gasteiger partial charge in [0.25, 0.3) is 0 Å². The van der Waals surface area contributed by atoms with Crippen LogP contribution in [0, 0.1) is 0 Å². The molecule has 110 valence electrons. The van der Waals surface area contributed by atoms with E-state index in [-0.39, 0.29) is 12.7 Å². The Bertz CT molecular complexity index is 471. The molecule has 5 nitrogen and oxygen atoms in total. The summed E-state index contributed by atoms with van der Waals surface area (Å²) in [5, 5.41) is 0. The van der Waals surface area contributed by atoms with E-state index in [1.54, 1.807) is 0 Å². The summed E-state index contributed by atoms with van der Waals surface area (Å²) in [6, 6.07) is 8.16. The van der Waals surface area contributed by atoms with Crippen LogP contribution in [0.2, 0.25) is 0 Å². The van der Waals surface area contributed by atoms with Crippen LogP contribution < -0.4 is 5.73 Å². The normalized spacial score (nSPS) is 25.9. The molecule has 2 atom stereocenters. The first-order chi connectivity index (χ1) is 9.40. The van der Waals surface area contributed by atoms with Gasteiger partial charge in [0.1, 0.15) is 12.7 Å². The maximum absolute atomic E-state index is 10.6. The van der Waals surface area contributed by atoms with E-state index >= 15 is 0 Å². The molecule has 1 amide bonds. The molecule has 0 radical (unpaired) electrons. The topological polar surface area (TPSA) is 70.8 Å². The van der Waals surface area contributed by atoms with E-state index in [4.69, 9.17) is 19.9 Å². The number of carbonyl (C=O) groups is 1. The highest BCUT2D eigenvalue weighted by atomic mass is 16.8. The lowest BCUT2D eigenvalue weighted by Gasteiger charge is -2.24. The Morgan fingerprint density at radius 2 is 2.10 bits per heavy atom. The highest BCUT2D eigenvalue weighted by molar-refractivity contribution is 5.64. The lowest BCUT2D eigenvalue weighted by molar-refractivity contribution is -0.165. The maximum Gasteiger partial charge on any atom is 0.404 e. The molecule has 5 heteroatoms. The van der Waals surface area contributed by atoms with E-state index in [1.807, 2.05) is 19.1 Å². The van der Waals surface area contributed by atoms with E-state index in [9.17, 15) is 4.79 Å². The van der Waals surface area contributed by atoms with E-state index in [2.05, 4.69) is 26.0 Å². The van der Waals surface area contributed by atoms with Crippen molar-refractivity contribution in [2.75, 3.05) is 13.2 Å². The number of rotatable bonds is 4. The first kappa shape index (κ1) is 14.8. The van der Waals surface area contributed by atoms with Gasteiger partial charge in [0.15, 0.2) is 5.79 Å². The predicted octanol–water partition coefficient (Wildman–Crippen LogP) is 2.49. The van der Waals surface area contributed by atoms with Crippen LogP contribution in [0.5, 0.6) is 0 Å². The molecular weight excluding hydrogens is 258 g/mol. The van der Waals surface area contributed by atoms with Gasteiger partial charge >= 0.3 is 6.09 Å². The van der Waals surface area contributed by atoms with Crippen LogP contribution >= 0.6 is 0 Å². The summed E-state index contributed by atoms with van der Waals surface area (Å²) in [6.45, 7) is 6.64. The molecule has 1 aliphatic heterocycles. The number of benzene rings is 1. The molecule has 20 heavy (non-hydrogen) atoms. The largest absolute Gasteiger partial charge is 0.447 e. The SMILES string of the molecule is CC(C)c1ccc([C@@]2(C)OC[C@H](COC(N)=O)O2)cc1. The molecular formula is C15H21NO4. The first-order valence-corrected chi connectivity index (χ1v) is 6.75. The minimum atomic E-state index is -0.804. The number of ether oxygens (including phenoxy) is 3. The van der Waals surface area contributed by atoms with Crippen molar-refractivity contribution in [3.63, 3.8) is 0 Å². The predicted molar refractivity (Wildman–Crippen MR) is 74.2 cm³/mol. The van der Waals surface area contributed by atoms with Gasteiger partial charge in [0.2, 0.25) is 0 Å². The third-order valence-electron chi connectivity index (χ3n) is 3.45. The molecule has 0 spiro atoms. The Morgan fingerprint density at radius 3 is 2.65 bits per heavy atom. The van der Waals surface area contributed by atoms with Gasteiger partial charge in [-0.05, 0) is 18.4 Å². The highest BCUT2D eigenvalue weighted by Crippen LogP contribution is 2.34. The quantitative estimate of drug-likeness (QED) is 0.919. The number of nitrogens with two attached hydrogens (primary N) is 1. The summed E-state index contributed by atoms with van der Waals surface area (Å²) in [4.78, 5) is 10.6. The molecule has 1 aromatic rings. The molecule has 0 saturated carbocycles. The smallest absolute Gasteiger partial charge is 0.404 e. The minimum absolute atomic E-state index is 0.106. The summed E-state index contributed by atoms with van der Waals surface area (Å²) < 4.78 is 16.3. The molecule has 1 aromatic carbocycles. The fraction of sp³-hybridized carbons (Fsp3) is 0.533. The van der Waals surface area contributed by atoms with Gasteiger partial charge in [-0.1, -0.05) is 38.1 Å². The van der Waals surface area contributed by atoms with Crippen molar-refractivity contribution in [2.45, 2.75) is 38.6 Å². The van der Waals surface area contributed by atoms with E-state index in [1.165, 1.54) is 5.56 Å². The van der Waals surface area contributed by atoms with Crippen LogP contribution in [0.4, 0.5) is 4.79 Å². The van der Waals surface area contributed by atoms with E-state index < -0.39 is 11.9 Å². The zero-order chi connectivity index (χ0) is 14.8. The number of hydrogen-bond acceptors (Lipinski definition) is 4. The second kappa shape index (κ2) is 5.81. The summed E-state index contributed by atoms with van der Waals surface area (Å²) in [6.07, 6.45) is -1.10. The number of hydrogen-bond donors (Lipinski definition) is 1. The van der Waals surface area contributed by atoms with Crippen LogP contribution in [-0.4, -0.2) is 25.4 Å². The summed E-state index contributed by atoms with van der Waals surface area (Å²) in [5.41, 5.74) is 7.15. The number of amides is 1. The molecule has 2 N–H and O–H groups in total. The van der Waals surface area contributed by atoms with Crippen LogP contribution in [0.15, 0.2) is 24.3 Å². The monoisotopic (exact) mass is 279 g/mol. The molecule has 0 unspecified atom stereocenters. The standard InChI is InChI=1S/C15H21NO4/c1-10(2)11-4-6-12(7-5-11)15(3)19-9-13(20-15)8-18-14(16)17/h4-7,10,13H,8-9H2,1-3H3,(H2,16,17)/t13-,15-/m0/s1. The average Bonchev–Trinajstić information content (AvgIpc) is 2.80. The molecule has 1 aliphatic rings. The van der Waals surface area contributed by atoms with E-state index in [0.29, 0.717) is 12.5 Å². The van der Waals surface area contributed by atoms with Crippen molar-refractivity contribution in [3.8, 4) is 0 Å². The van der Waals surface area contributed by atoms with Gasteiger partial charge in [0, 0.05) is 5.56 Å². The van der Waals surface area contributed by atoms with Crippen LogP contribution in [-0.2, 0) is 20.0 Å². The van der Waals surface area contributed by atoms with Crippen molar-refractivity contribution < 1.29 is 19.0 Å². The van der Waals surface area contributed by atoms with Crippen molar-refractivity contribution >= 4 is 6.09 Å². The van der Waals surface area contributed by atoms with Gasteiger partial charge in [-0.3, -0.25) is 0 Å². The third-order valence-corrected chi connectivity index (χ3v) is 3.45. The van der Waals surface area contributed by atoms with Gasteiger partial charge in [-0.2, -0.15) is 0 Å². The molecule has 0 bridgehead atoms. The van der Waals surface area contributed by atoms with Crippen LogP contribution in [0.3, 0.4) is 0 Å². The Labute approximate surface area is 119 Å².